The van der Waals surface area contributed by atoms with Crippen LogP contribution in [0.25, 0.3) is 0 Å². The van der Waals surface area contributed by atoms with Gasteiger partial charge in [0.25, 0.3) is 0 Å². The summed E-state index contributed by atoms with van der Waals surface area (Å²) >= 11 is 0. The third kappa shape index (κ3) is 3.65. The number of nitrogens with one attached hydrogen (secondary N) is 1. The smallest absolute Gasteiger partial charge is 0.0662 e. The molecule has 1 fully saturated rings. The molecular weight excluding hydrogens is 162 g/mol. The van der Waals surface area contributed by atoms with Crippen molar-refractivity contribution >= 4 is 0 Å². The van der Waals surface area contributed by atoms with Crippen LogP contribution in [-0.4, -0.2) is 23.8 Å². The molecule has 4 atom stereocenters. The third-order valence-electron chi connectivity index (χ3n) is 3.26. The van der Waals surface area contributed by atoms with Crippen LogP contribution >= 0.6 is 0 Å². The van der Waals surface area contributed by atoms with Gasteiger partial charge in [0.1, 0.15) is 0 Å². The molecule has 2 heteroatoms. The van der Waals surface area contributed by atoms with Gasteiger partial charge >= 0.3 is 0 Å². The van der Waals surface area contributed by atoms with E-state index < -0.39 is 0 Å². The Morgan fingerprint density at radius 2 is 2.08 bits per heavy atom. The van der Waals surface area contributed by atoms with Crippen molar-refractivity contribution in [2.75, 3.05) is 6.54 Å². The van der Waals surface area contributed by atoms with Crippen LogP contribution in [0.15, 0.2) is 0 Å². The van der Waals surface area contributed by atoms with Gasteiger partial charge in [-0.1, -0.05) is 13.3 Å². The second-order valence-electron chi connectivity index (χ2n) is 4.72. The molecule has 0 amide bonds. The lowest BCUT2D eigenvalue weighted by Crippen LogP contribution is -2.38. The van der Waals surface area contributed by atoms with Crippen molar-refractivity contribution in [1.29, 1.82) is 0 Å². The van der Waals surface area contributed by atoms with Crippen LogP contribution in [0.3, 0.4) is 0 Å². The van der Waals surface area contributed by atoms with E-state index in [1.165, 1.54) is 19.3 Å². The molecule has 13 heavy (non-hydrogen) atoms. The summed E-state index contributed by atoms with van der Waals surface area (Å²) < 4.78 is 0. The molecule has 0 aromatic heterocycles. The van der Waals surface area contributed by atoms with Gasteiger partial charge in [-0.2, -0.15) is 0 Å². The van der Waals surface area contributed by atoms with Crippen molar-refractivity contribution < 1.29 is 5.11 Å². The Morgan fingerprint density at radius 3 is 2.54 bits per heavy atom. The van der Waals surface area contributed by atoms with E-state index in [1.807, 2.05) is 13.8 Å². The van der Waals surface area contributed by atoms with E-state index in [2.05, 4.69) is 12.2 Å². The summed E-state index contributed by atoms with van der Waals surface area (Å²) in [6.07, 6.45) is 3.87. The molecule has 2 N–H and O–H groups in total. The lowest BCUT2D eigenvalue weighted by molar-refractivity contribution is 0.150. The van der Waals surface area contributed by atoms with Crippen LogP contribution in [0.4, 0.5) is 0 Å². The van der Waals surface area contributed by atoms with Gasteiger partial charge in [0.05, 0.1) is 6.10 Å². The minimum absolute atomic E-state index is 0.232. The van der Waals surface area contributed by atoms with Crippen molar-refractivity contribution in [2.45, 2.75) is 52.2 Å². The summed E-state index contributed by atoms with van der Waals surface area (Å²) in [6.45, 7) is 7.30. The second kappa shape index (κ2) is 4.97. The number of hydrogen-bond acceptors (Lipinski definition) is 2. The van der Waals surface area contributed by atoms with E-state index in [9.17, 15) is 5.11 Å². The first-order valence-electron chi connectivity index (χ1n) is 5.51. The fraction of sp³-hybridized carbons (Fsp3) is 1.00. The van der Waals surface area contributed by atoms with Gasteiger partial charge in [0.2, 0.25) is 0 Å². The lowest BCUT2D eigenvalue weighted by Gasteiger charge is -2.19. The molecule has 1 aliphatic rings. The summed E-state index contributed by atoms with van der Waals surface area (Å²) in [4.78, 5) is 0. The summed E-state index contributed by atoms with van der Waals surface area (Å²) in [7, 11) is 0. The highest BCUT2D eigenvalue weighted by molar-refractivity contribution is 4.76. The minimum atomic E-state index is -0.237. The predicted molar refractivity (Wildman–Crippen MR) is 55.7 cm³/mol. The number of rotatable bonds is 4. The average molecular weight is 185 g/mol. The standard InChI is InChI=1S/C11H23NO/c1-8-4-5-11(6-8)7-12-9(2)10(3)13/h8-13H,4-7H2,1-3H3. The highest BCUT2D eigenvalue weighted by Gasteiger charge is 2.21. The van der Waals surface area contributed by atoms with Crippen LogP contribution < -0.4 is 5.32 Å². The molecule has 1 saturated carbocycles. The molecule has 4 unspecified atom stereocenters. The van der Waals surface area contributed by atoms with E-state index in [0.717, 1.165) is 18.4 Å². The Morgan fingerprint density at radius 1 is 1.38 bits per heavy atom. The monoisotopic (exact) mass is 185 g/mol. The van der Waals surface area contributed by atoms with E-state index in [4.69, 9.17) is 0 Å². The number of aliphatic hydroxyl groups excluding tert-OH is 1. The Hall–Kier alpha value is -0.0800. The molecule has 0 aromatic carbocycles. The summed E-state index contributed by atoms with van der Waals surface area (Å²) in [5.74, 6) is 1.75. The molecule has 1 aliphatic carbocycles. The maximum absolute atomic E-state index is 9.28. The zero-order valence-electron chi connectivity index (χ0n) is 9.09. The highest BCUT2D eigenvalue weighted by atomic mass is 16.3. The Balaban J connectivity index is 2.12. The molecule has 2 nitrogen and oxygen atoms in total. The SMILES string of the molecule is CC1CCC(CNC(C)C(C)O)C1. The van der Waals surface area contributed by atoms with Crippen LogP contribution in [0.1, 0.15) is 40.0 Å². The molecular formula is C11H23NO. The van der Waals surface area contributed by atoms with Crippen molar-refractivity contribution in [2.24, 2.45) is 11.8 Å². The van der Waals surface area contributed by atoms with Gasteiger partial charge in [-0.25, -0.2) is 0 Å². The molecule has 0 radical (unpaired) electrons. The van der Waals surface area contributed by atoms with Crippen molar-refractivity contribution in [3.63, 3.8) is 0 Å². The van der Waals surface area contributed by atoms with Crippen LogP contribution in [0, 0.1) is 11.8 Å². The Labute approximate surface area is 81.7 Å². The summed E-state index contributed by atoms with van der Waals surface area (Å²) in [5.41, 5.74) is 0. The van der Waals surface area contributed by atoms with Crippen LogP contribution in [-0.2, 0) is 0 Å². The zero-order chi connectivity index (χ0) is 9.84. The van der Waals surface area contributed by atoms with E-state index in [1.54, 1.807) is 0 Å². The van der Waals surface area contributed by atoms with E-state index in [-0.39, 0.29) is 12.1 Å². The summed E-state index contributed by atoms with van der Waals surface area (Å²) in [6, 6.07) is 0.232. The largest absolute Gasteiger partial charge is 0.392 e. The second-order valence-corrected chi connectivity index (χ2v) is 4.72. The minimum Gasteiger partial charge on any atom is -0.392 e. The van der Waals surface area contributed by atoms with Gasteiger partial charge in [-0.15, -0.1) is 0 Å². The van der Waals surface area contributed by atoms with Crippen molar-refractivity contribution in [3.8, 4) is 0 Å². The maximum Gasteiger partial charge on any atom is 0.0662 e. The first-order valence-corrected chi connectivity index (χ1v) is 5.51. The topological polar surface area (TPSA) is 32.3 Å². The van der Waals surface area contributed by atoms with Gasteiger partial charge in [-0.05, 0) is 45.1 Å². The molecule has 0 spiro atoms. The Bertz CT molecular complexity index is 147. The van der Waals surface area contributed by atoms with E-state index >= 15 is 0 Å². The lowest BCUT2D eigenvalue weighted by atomic mass is 10.1. The molecule has 0 aliphatic heterocycles. The van der Waals surface area contributed by atoms with Gasteiger partial charge < -0.3 is 10.4 Å². The average Bonchev–Trinajstić information content (AvgIpc) is 2.47. The van der Waals surface area contributed by atoms with Crippen LogP contribution in [0.5, 0.6) is 0 Å². The molecule has 0 aromatic rings. The van der Waals surface area contributed by atoms with Crippen molar-refractivity contribution in [3.05, 3.63) is 0 Å². The Kier molecular flexibility index (Phi) is 4.20. The van der Waals surface area contributed by atoms with Gasteiger partial charge in [0, 0.05) is 6.04 Å². The highest BCUT2D eigenvalue weighted by Crippen LogP contribution is 2.29. The third-order valence-corrected chi connectivity index (χ3v) is 3.26. The molecule has 0 bridgehead atoms. The molecule has 0 heterocycles. The quantitative estimate of drug-likeness (QED) is 0.700. The first kappa shape index (κ1) is 11.0. The number of hydrogen-bond donors (Lipinski definition) is 2. The number of aliphatic hydroxyl groups is 1. The molecule has 0 saturated heterocycles. The maximum atomic E-state index is 9.28. The fourth-order valence-corrected chi connectivity index (χ4v) is 2.03. The first-order chi connectivity index (χ1) is 6.09. The fourth-order valence-electron chi connectivity index (χ4n) is 2.03. The van der Waals surface area contributed by atoms with Gasteiger partial charge in [0.15, 0.2) is 0 Å². The van der Waals surface area contributed by atoms with Crippen LogP contribution in [0.2, 0.25) is 0 Å². The zero-order valence-corrected chi connectivity index (χ0v) is 9.09. The van der Waals surface area contributed by atoms with E-state index in [0.29, 0.717) is 0 Å². The van der Waals surface area contributed by atoms with Gasteiger partial charge in [-0.3, -0.25) is 0 Å². The predicted octanol–water partition coefficient (Wildman–Crippen LogP) is 1.78. The van der Waals surface area contributed by atoms with Crippen molar-refractivity contribution in [1.82, 2.24) is 5.32 Å². The normalized spacial score (nSPS) is 33.2. The summed E-state index contributed by atoms with van der Waals surface area (Å²) in [5, 5.41) is 12.7. The molecule has 78 valence electrons. The molecule has 1 rings (SSSR count).